The maximum Gasteiger partial charge on any atom is 0.317 e. The molecule has 2 saturated heterocycles. The molecule has 8 nitrogen and oxygen atoms in total. The van der Waals surface area contributed by atoms with E-state index in [1.54, 1.807) is 7.11 Å². The molecular weight excluding hydrogens is 326 g/mol. The van der Waals surface area contributed by atoms with Gasteiger partial charge in [-0.3, -0.25) is 9.59 Å². The van der Waals surface area contributed by atoms with Crippen molar-refractivity contribution in [1.29, 1.82) is 0 Å². The maximum atomic E-state index is 12.3. The average Bonchev–Trinajstić information content (AvgIpc) is 3.14. The van der Waals surface area contributed by atoms with E-state index in [1.165, 1.54) is 4.90 Å². The van der Waals surface area contributed by atoms with Gasteiger partial charge < -0.3 is 25.4 Å². The SMILES string of the molecule is COc1ccc(CCNC(=O)N2C[C@H]3C(=O)NC[C@@]3(C(=O)O)C2)cc1. The molecule has 0 bridgehead atoms. The number of nitrogens with one attached hydrogen (secondary N) is 2. The molecule has 134 valence electrons. The number of carbonyl (C=O) groups is 3. The highest BCUT2D eigenvalue weighted by Gasteiger charge is 2.60. The highest BCUT2D eigenvalue weighted by atomic mass is 16.5. The lowest BCUT2D eigenvalue weighted by Crippen LogP contribution is -2.44. The molecule has 2 atom stereocenters. The number of benzene rings is 1. The summed E-state index contributed by atoms with van der Waals surface area (Å²) in [6, 6.07) is 7.22. The number of urea groups is 1. The van der Waals surface area contributed by atoms with Crippen molar-refractivity contribution >= 4 is 17.9 Å². The van der Waals surface area contributed by atoms with E-state index in [0.717, 1.165) is 11.3 Å². The largest absolute Gasteiger partial charge is 0.497 e. The van der Waals surface area contributed by atoms with Crippen LogP contribution in [-0.4, -0.2) is 61.2 Å². The Morgan fingerprint density at radius 3 is 2.72 bits per heavy atom. The minimum absolute atomic E-state index is 0.0418. The fourth-order valence-electron chi connectivity index (χ4n) is 3.46. The molecule has 3 amide bonds. The van der Waals surface area contributed by atoms with Crippen LogP contribution in [0, 0.1) is 11.3 Å². The highest BCUT2D eigenvalue weighted by molar-refractivity contribution is 5.93. The standard InChI is InChI=1S/C17H21N3O5/c1-25-12-4-2-11(3-5-12)6-7-18-16(24)20-8-13-14(21)19-9-17(13,10-20)15(22)23/h2-5,13H,6-10H2,1H3,(H,18,24)(H,19,21)(H,22,23)/t13-,17+/m0/s1. The molecule has 1 aromatic carbocycles. The van der Waals surface area contributed by atoms with Crippen LogP contribution in [0.25, 0.3) is 0 Å². The van der Waals surface area contributed by atoms with Crippen LogP contribution in [0.15, 0.2) is 24.3 Å². The van der Waals surface area contributed by atoms with Crippen molar-refractivity contribution in [1.82, 2.24) is 15.5 Å². The lowest BCUT2D eigenvalue weighted by molar-refractivity contribution is -0.149. The maximum absolute atomic E-state index is 12.3. The van der Waals surface area contributed by atoms with Gasteiger partial charge in [0.05, 0.1) is 13.0 Å². The second-order valence-corrected chi connectivity index (χ2v) is 6.44. The van der Waals surface area contributed by atoms with Gasteiger partial charge in [-0.25, -0.2) is 4.79 Å². The van der Waals surface area contributed by atoms with Crippen LogP contribution < -0.4 is 15.4 Å². The first-order valence-electron chi connectivity index (χ1n) is 8.13. The molecule has 1 aromatic rings. The van der Waals surface area contributed by atoms with Crippen LogP contribution in [0.4, 0.5) is 4.79 Å². The fraction of sp³-hybridized carbons (Fsp3) is 0.471. The normalized spacial score (nSPS) is 24.6. The van der Waals surface area contributed by atoms with Crippen LogP contribution >= 0.6 is 0 Å². The van der Waals surface area contributed by atoms with Crippen molar-refractivity contribution in [2.45, 2.75) is 6.42 Å². The minimum atomic E-state index is -1.20. The van der Waals surface area contributed by atoms with Crippen LogP contribution in [0.1, 0.15) is 5.56 Å². The van der Waals surface area contributed by atoms with Crippen LogP contribution in [0.5, 0.6) is 5.75 Å². The molecule has 0 aliphatic carbocycles. The van der Waals surface area contributed by atoms with E-state index < -0.39 is 17.3 Å². The average molecular weight is 347 g/mol. The van der Waals surface area contributed by atoms with E-state index in [1.807, 2.05) is 24.3 Å². The lowest BCUT2D eigenvalue weighted by Gasteiger charge is -2.22. The number of fused-ring (bicyclic) bond motifs is 1. The van der Waals surface area contributed by atoms with Gasteiger partial charge in [0.25, 0.3) is 0 Å². The predicted molar refractivity (Wildman–Crippen MR) is 88.2 cm³/mol. The topological polar surface area (TPSA) is 108 Å². The van der Waals surface area contributed by atoms with Gasteiger partial charge in [0.15, 0.2) is 0 Å². The number of ether oxygens (including phenoxy) is 1. The number of rotatable bonds is 5. The number of hydrogen-bond donors (Lipinski definition) is 3. The summed E-state index contributed by atoms with van der Waals surface area (Å²) >= 11 is 0. The molecule has 3 rings (SSSR count). The Hall–Kier alpha value is -2.77. The summed E-state index contributed by atoms with van der Waals surface area (Å²) in [5.74, 6) is -1.24. The van der Waals surface area contributed by atoms with E-state index in [0.29, 0.717) is 13.0 Å². The van der Waals surface area contributed by atoms with E-state index in [4.69, 9.17) is 4.74 Å². The third-order valence-electron chi connectivity index (χ3n) is 5.00. The van der Waals surface area contributed by atoms with Crippen LogP contribution in [0.2, 0.25) is 0 Å². The summed E-state index contributed by atoms with van der Waals surface area (Å²) in [5.41, 5.74) is -0.148. The number of aliphatic carboxylic acids is 1. The summed E-state index contributed by atoms with van der Waals surface area (Å²) in [6.45, 7) is 0.673. The van der Waals surface area contributed by atoms with Gasteiger partial charge in [0, 0.05) is 26.2 Å². The number of hydrogen-bond acceptors (Lipinski definition) is 4. The molecule has 2 aliphatic rings. The van der Waals surface area contributed by atoms with Gasteiger partial charge in [-0.1, -0.05) is 12.1 Å². The molecule has 3 N–H and O–H groups in total. The molecular formula is C17H21N3O5. The lowest BCUT2D eigenvalue weighted by atomic mass is 9.81. The Bertz CT molecular complexity index is 690. The Morgan fingerprint density at radius 1 is 1.40 bits per heavy atom. The zero-order valence-electron chi connectivity index (χ0n) is 13.9. The van der Waals surface area contributed by atoms with Gasteiger partial charge in [-0.2, -0.15) is 0 Å². The molecule has 0 spiro atoms. The molecule has 2 fully saturated rings. The van der Waals surface area contributed by atoms with Gasteiger partial charge in [0.1, 0.15) is 11.2 Å². The van der Waals surface area contributed by atoms with Gasteiger partial charge >= 0.3 is 12.0 Å². The van der Waals surface area contributed by atoms with E-state index in [9.17, 15) is 19.5 Å². The number of methoxy groups -OCH3 is 1. The summed E-state index contributed by atoms with van der Waals surface area (Å²) in [4.78, 5) is 37.2. The summed E-state index contributed by atoms with van der Waals surface area (Å²) in [7, 11) is 1.60. The Kier molecular flexibility index (Phi) is 4.52. The molecule has 0 radical (unpaired) electrons. The fourth-order valence-corrected chi connectivity index (χ4v) is 3.46. The molecule has 0 aromatic heterocycles. The van der Waals surface area contributed by atoms with Crippen LogP contribution in [0.3, 0.4) is 0 Å². The predicted octanol–water partition coefficient (Wildman–Crippen LogP) is 0.0799. The summed E-state index contributed by atoms with van der Waals surface area (Å²) in [6.07, 6.45) is 0.650. The monoisotopic (exact) mass is 347 g/mol. The highest BCUT2D eigenvalue weighted by Crippen LogP contribution is 2.39. The summed E-state index contributed by atoms with van der Waals surface area (Å²) in [5, 5.41) is 14.9. The zero-order chi connectivity index (χ0) is 18.0. The number of likely N-dealkylation sites (tertiary alicyclic amines) is 1. The van der Waals surface area contributed by atoms with Gasteiger partial charge in [0.2, 0.25) is 5.91 Å². The zero-order valence-corrected chi connectivity index (χ0v) is 13.9. The van der Waals surface area contributed by atoms with Crippen molar-refractivity contribution in [2.24, 2.45) is 11.3 Å². The molecule has 2 aliphatic heterocycles. The van der Waals surface area contributed by atoms with Crippen molar-refractivity contribution in [3.63, 3.8) is 0 Å². The first kappa shape index (κ1) is 17.1. The number of nitrogens with zero attached hydrogens (tertiary/aromatic N) is 1. The van der Waals surface area contributed by atoms with Gasteiger partial charge in [-0.05, 0) is 24.1 Å². The molecule has 8 heteroatoms. The van der Waals surface area contributed by atoms with Crippen molar-refractivity contribution in [3.8, 4) is 5.75 Å². The third-order valence-corrected chi connectivity index (χ3v) is 5.00. The van der Waals surface area contributed by atoms with Gasteiger partial charge in [-0.15, -0.1) is 0 Å². The first-order valence-corrected chi connectivity index (χ1v) is 8.13. The Labute approximate surface area is 145 Å². The second kappa shape index (κ2) is 6.62. The number of amides is 3. The van der Waals surface area contributed by atoms with Crippen molar-refractivity contribution < 1.29 is 24.2 Å². The molecule has 2 heterocycles. The Balaban J connectivity index is 1.54. The molecule has 0 unspecified atom stereocenters. The minimum Gasteiger partial charge on any atom is -0.497 e. The van der Waals surface area contributed by atoms with E-state index >= 15 is 0 Å². The quantitative estimate of drug-likeness (QED) is 0.699. The molecule has 0 saturated carbocycles. The van der Waals surface area contributed by atoms with Crippen molar-refractivity contribution in [2.75, 3.05) is 33.3 Å². The van der Waals surface area contributed by atoms with Crippen LogP contribution in [-0.2, 0) is 16.0 Å². The Morgan fingerprint density at radius 2 is 2.12 bits per heavy atom. The van der Waals surface area contributed by atoms with E-state index in [-0.39, 0.29) is 31.6 Å². The third kappa shape index (κ3) is 3.11. The smallest absolute Gasteiger partial charge is 0.317 e. The number of carboxylic acids is 1. The molecule has 25 heavy (non-hydrogen) atoms. The summed E-state index contributed by atoms with van der Waals surface area (Å²) < 4.78 is 5.10. The van der Waals surface area contributed by atoms with E-state index in [2.05, 4.69) is 10.6 Å². The number of carbonyl (C=O) groups excluding carboxylic acids is 2. The number of carboxylic acid groups (broad SMARTS) is 1. The second-order valence-electron chi connectivity index (χ2n) is 6.44. The first-order chi connectivity index (χ1) is 12.0. The van der Waals surface area contributed by atoms with Crippen molar-refractivity contribution in [3.05, 3.63) is 29.8 Å².